The van der Waals surface area contributed by atoms with Crippen LogP contribution in [0.1, 0.15) is 135 Å². The Hall–Kier alpha value is -1.71. The van der Waals surface area contributed by atoms with Crippen molar-refractivity contribution in [1.29, 1.82) is 0 Å². The highest BCUT2D eigenvalue weighted by atomic mass is 16.5. The normalized spacial score (nSPS) is 11.0. The molecule has 0 aliphatic rings. The van der Waals surface area contributed by atoms with Crippen LogP contribution in [0.3, 0.4) is 0 Å². The number of unbranched alkanes of at least 4 members (excludes halogenated alkanes) is 14. The quantitative estimate of drug-likeness (QED) is 0.0723. The van der Waals surface area contributed by atoms with E-state index in [4.69, 9.17) is 14.6 Å². The van der Waals surface area contributed by atoms with Gasteiger partial charge in [-0.1, -0.05) is 90.4 Å². The smallest absolute Gasteiger partial charge is 0.303 e. The summed E-state index contributed by atoms with van der Waals surface area (Å²) in [6.07, 6.45) is 20.8. The molecule has 242 valence electrons. The number of carbonyl (C=O) groups is 3. The summed E-state index contributed by atoms with van der Waals surface area (Å²) in [6.45, 7) is 7.35. The summed E-state index contributed by atoms with van der Waals surface area (Å²) in [5.41, 5.74) is 0. The maximum atomic E-state index is 12.0. The van der Waals surface area contributed by atoms with Crippen molar-refractivity contribution in [1.82, 2.24) is 16.0 Å². The molecular weight excluding hydrogens is 522 g/mol. The zero-order valence-electron chi connectivity index (χ0n) is 26.3. The van der Waals surface area contributed by atoms with Crippen LogP contribution in [0, 0.1) is 0 Å². The minimum absolute atomic E-state index is 0.0118. The number of nitrogens with one attached hydrogen (secondary N) is 3. The Morgan fingerprint density at radius 2 is 0.927 bits per heavy atom. The van der Waals surface area contributed by atoms with Crippen LogP contribution >= 0.6 is 0 Å². The largest absolute Gasteiger partial charge is 0.481 e. The molecule has 0 aromatic heterocycles. The molecule has 0 fully saturated rings. The molecule has 0 saturated carbocycles. The lowest BCUT2D eigenvalue weighted by molar-refractivity contribution is -0.137. The third-order valence-electron chi connectivity index (χ3n) is 7.02. The Bertz CT molecular complexity index is 606. The zero-order chi connectivity index (χ0) is 30.1. The first-order valence-electron chi connectivity index (χ1n) is 16.7. The van der Waals surface area contributed by atoms with Crippen LogP contribution in [0.4, 0.5) is 0 Å². The van der Waals surface area contributed by atoms with Gasteiger partial charge in [-0.25, -0.2) is 0 Å². The van der Waals surface area contributed by atoms with Crippen LogP contribution in [-0.4, -0.2) is 75.5 Å². The maximum absolute atomic E-state index is 12.0. The lowest BCUT2D eigenvalue weighted by atomic mass is 10.0. The van der Waals surface area contributed by atoms with Gasteiger partial charge in [0.05, 0.1) is 26.4 Å². The van der Waals surface area contributed by atoms with Crippen molar-refractivity contribution in [3.63, 3.8) is 0 Å². The molecule has 0 rings (SSSR count). The first-order chi connectivity index (χ1) is 20.1. The van der Waals surface area contributed by atoms with Crippen LogP contribution < -0.4 is 16.0 Å². The van der Waals surface area contributed by atoms with E-state index in [-0.39, 0.29) is 11.8 Å². The van der Waals surface area contributed by atoms with E-state index >= 15 is 0 Å². The lowest BCUT2D eigenvalue weighted by Crippen LogP contribution is -2.29. The second-order valence-electron chi connectivity index (χ2n) is 11.0. The van der Waals surface area contributed by atoms with E-state index in [1.165, 1.54) is 70.6 Å². The summed E-state index contributed by atoms with van der Waals surface area (Å²) in [5.74, 6) is -0.611. The molecule has 41 heavy (non-hydrogen) atoms. The highest BCUT2D eigenvalue weighted by Crippen LogP contribution is 2.13. The molecule has 4 N–H and O–H groups in total. The van der Waals surface area contributed by atoms with Crippen molar-refractivity contribution in [3.05, 3.63) is 0 Å². The van der Waals surface area contributed by atoms with E-state index in [1.807, 2.05) is 0 Å². The number of ether oxygens (including phenoxy) is 2. The standard InChI is InChI=1S/C32H63N3O6/c1-2-3-22-33-24-26-40-28-29-41-27-25-35-31(37)20-18-23-34-30(36)19-16-14-12-10-8-6-4-5-7-9-11-13-15-17-21-32(38)39/h33H,2-29H2,1H3,(H,34,36)(H,35,37)(H,38,39). The zero-order valence-corrected chi connectivity index (χ0v) is 26.3. The van der Waals surface area contributed by atoms with Crippen molar-refractivity contribution in [2.45, 2.75) is 135 Å². The number of carboxylic acid groups (broad SMARTS) is 1. The monoisotopic (exact) mass is 585 g/mol. The molecule has 9 nitrogen and oxygen atoms in total. The van der Waals surface area contributed by atoms with Gasteiger partial charge in [-0.3, -0.25) is 14.4 Å². The Morgan fingerprint density at radius 3 is 1.44 bits per heavy atom. The van der Waals surface area contributed by atoms with Crippen LogP contribution in [0.5, 0.6) is 0 Å². The van der Waals surface area contributed by atoms with Crippen molar-refractivity contribution in [3.8, 4) is 0 Å². The minimum atomic E-state index is -0.683. The Labute approximate surface area is 250 Å². The van der Waals surface area contributed by atoms with Gasteiger partial charge in [0.1, 0.15) is 0 Å². The molecule has 0 heterocycles. The predicted molar refractivity (Wildman–Crippen MR) is 166 cm³/mol. The van der Waals surface area contributed by atoms with Crippen LogP contribution in [0.25, 0.3) is 0 Å². The molecule has 0 spiro atoms. The summed E-state index contributed by atoms with van der Waals surface area (Å²) < 4.78 is 11.0. The van der Waals surface area contributed by atoms with Gasteiger partial charge in [-0.2, -0.15) is 0 Å². The molecule has 2 amide bonds. The molecule has 0 aromatic rings. The maximum Gasteiger partial charge on any atom is 0.303 e. The molecule has 0 aliphatic carbocycles. The van der Waals surface area contributed by atoms with E-state index in [2.05, 4.69) is 22.9 Å². The molecule has 0 atom stereocenters. The third-order valence-corrected chi connectivity index (χ3v) is 7.02. The van der Waals surface area contributed by atoms with E-state index in [0.717, 1.165) is 45.2 Å². The second-order valence-corrected chi connectivity index (χ2v) is 11.0. The molecule has 0 unspecified atom stereocenters. The van der Waals surface area contributed by atoms with Gasteiger partial charge < -0.3 is 30.5 Å². The summed E-state index contributed by atoms with van der Waals surface area (Å²) in [4.78, 5) is 34.3. The number of hydrogen-bond acceptors (Lipinski definition) is 6. The molecule has 0 aromatic carbocycles. The van der Waals surface area contributed by atoms with Crippen LogP contribution in [-0.2, 0) is 23.9 Å². The number of aliphatic carboxylic acids is 1. The van der Waals surface area contributed by atoms with E-state index in [1.54, 1.807) is 0 Å². The lowest BCUT2D eigenvalue weighted by Gasteiger charge is -2.08. The summed E-state index contributed by atoms with van der Waals surface area (Å²) in [6, 6.07) is 0. The number of carboxylic acids is 1. The van der Waals surface area contributed by atoms with E-state index in [9.17, 15) is 14.4 Å². The van der Waals surface area contributed by atoms with E-state index < -0.39 is 5.97 Å². The number of hydrogen-bond donors (Lipinski definition) is 4. The highest BCUT2D eigenvalue weighted by Gasteiger charge is 2.04. The van der Waals surface area contributed by atoms with Gasteiger partial charge in [0.15, 0.2) is 0 Å². The molecule has 0 bridgehead atoms. The van der Waals surface area contributed by atoms with Crippen LogP contribution in [0.2, 0.25) is 0 Å². The molecular formula is C32H63N3O6. The predicted octanol–water partition coefficient (Wildman–Crippen LogP) is 5.75. The van der Waals surface area contributed by atoms with Gasteiger partial charge in [0.25, 0.3) is 0 Å². The fraction of sp³-hybridized carbons (Fsp3) is 0.906. The fourth-order valence-electron chi connectivity index (χ4n) is 4.49. The number of carbonyl (C=O) groups excluding carboxylic acids is 2. The Balaban J connectivity index is 3.27. The van der Waals surface area contributed by atoms with Gasteiger partial charge in [-0.15, -0.1) is 0 Å². The fourth-order valence-corrected chi connectivity index (χ4v) is 4.49. The van der Waals surface area contributed by atoms with Gasteiger partial charge in [0, 0.05) is 38.9 Å². The second kappa shape index (κ2) is 32.8. The first-order valence-corrected chi connectivity index (χ1v) is 16.7. The van der Waals surface area contributed by atoms with Crippen LogP contribution in [0.15, 0.2) is 0 Å². The third kappa shape index (κ3) is 34.4. The van der Waals surface area contributed by atoms with Crippen molar-refractivity contribution >= 4 is 17.8 Å². The van der Waals surface area contributed by atoms with Crippen molar-refractivity contribution in [2.24, 2.45) is 0 Å². The number of rotatable bonds is 33. The molecule has 9 heteroatoms. The van der Waals surface area contributed by atoms with E-state index in [0.29, 0.717) is 65.2 Å². The average molecular weight is 586 g/mol. The molecule has 0 aliphatic heterocycles. The molecule has 0 saturated heterocycles. The summed E-state index contributed by atoms with van der Waals surface area (Å²) in [5, 5.41) is 17.7. The minimum Gasteiger partial charge on any atom is -0.481 e. The number of amides is 2. The topological polar surface area (TPSA) is 126 Å². The summed E-state index contributed by atoms with van der Waals surface area (Å²) in [7, 11) is 0. The van der Waals surface area contributed by atoms with Gasteiger partial charge >= 0.3 is 5.97 Å². The Morgan fingerprint density at radius 1 is 0.488 bits per heavy atom. The first kappa shape index (κ1) is 39.3. The summed E-state index contributed by atoms with van der Waals surface area (Å²) >= 11 is 0. The molecule has 0 radical (unpaired) electrons. The van der Waals surface area contributed by atoms with Gasteiger partial charge in [-0.05, 0) is 32.2 Å². The highest BCUT2D eigenvalue weighted by molar-refractivity contribution is 5.77. The Kier molecular flexibility index (Phi) is 31.4. The SMILES string of the molecule is CCCCNCCOCCOCCNC(=O)CCCNC(=O)CCCCCCCCCCCCCCCCC(=O)O. The van der Waals surface area contributed by atoms with Gasteiger partial charge in [0.2, 0.25) is 11.8 Å². The van der Waals surface area contributed by atoms with Crippen molar-refractivity contribution < 1.29 is 29.0 Å². The van der Waals surface area contributed by atoms with Crippen molar-refractivity contribution in [2.75, 3.05) is 52.6 Å². The average Bonchev–Trinajstić information content (AvgIpc) is 2.95.